The first-order valence-corrected chi connectivity index (χ1v) is 8.18. The predicted octanol–water partition coefficient (Wildman–Crippen LogP) is 2.13. The molecule has 0 fully saturated rings. The van der Waals surface area contributed by atoms with Gasteiger partial charge in [-0.05, 0) is 25.5 Å². The Bertz CT molecular complexity index is 710. The van der Waals surface area contributed by atoms with E-state index in [1.165, 1.54) is 13.0 Å². The van der Waals surface area contributed by atoms with E-state index in [0.29, 0.717) is 12.2 Å². The molecule has 0 spiro atoms. The number of hydrogen-bond donors (Lipinski definition) is 1. The molecular formula is C17H19ClF3NaO4. The van der Waals surface area contributed by atoms with Gasteiger partial charge in [0, 0.05) is 11.1 Å². The standard InChI is InChI=1S/C17H18ClF3O4.Na.H/c1-3-4-5-6-24-14-9(2)13-10(8-12(14)18)7-11(16(22)23)15(25-13)17(19,20)21;;/h7-8,15H,3-6H2,1-2H3,(H,22,23);;/q;+1;-1/t15-;;/m0../s1. The number of alkyl halides is 3. The molecule has 0 bridgehead atoms. The maximum atomic E-state index is 13.2. The van der Waals surface area contributed by atoms with Gasteiger partial charge in [-0.2, -0.15) is 13.2 Å². The van der Waals surface area contributed by atoms with Crippen molar-refractivity contribution in [2.24, 2.45) is 0 Å². The van der Waals surface area contributed by atoms with Crippen molar-refractivity contribution in [1.82, 2.24) is 0 Å². The summed E-state index contributed by atoms with van der Waals surface area (Å²) in [5, 5.41) is 9.25. The second kappa shape index (κ2) is 9.35. The fourth-order valence-corrected chi connectivity index (χ4v) is 2.89. The Morgan fingerprint density at radius 1 is 1.42 bits per heavy atom. The van der Waals surface area contributed by atoms with Gasteiger partial charge in [-0.1, -0.05) is 31.4 Å². The molecule has 2 rings (SSSR count). The Balaban J connectivity index is 0.00000338. The van der Waals surface area contributed by atoms with Crippen molar-refractivity contribution in [1.29, 1.82) is 0 Å². The number of fused-ring (bicyclic) bond motifs is 1. The summed E-state index contributed by atoms with van der Waals surface area (Å²) >= 11 is 6.15. The van der Waals surface area contributed by atoms with Crippen LogP contribution in [-0.2, 0) is 4.79 Å². The van der Waals surface area contributed by atoms with Crippen LogP contribution in [0.15, 0.2) is 11.6 Å². The van der Waals surface area contributed by atoms with Crippen LogP contribution in [0.3, 0.4) is 0 Å². The van der Waals surface area contributed by atoms with Crippen molar-refractivity contribution in [2.75, 3.05) is 6.61 Å². The van der Waals surface area contributed by atoms with Crippen LogP contribution in [0.5, 0.6) is 11.5 Å². The molecule has 0 unspecified atom stereocenters. The molecule has 1 aromatic rings. The first kappa shape index (κ1) is 23.1. The molecule has 0 saturated heterocycles. The molecule has 1 atom stereocenters. The molecule has 1 N–H and O–H groups in total. The zero-order valence-corrected chi connectivity index (χ0v) is 17.5. The van der Waals surface area contributed by atoms with Gasteiger partial charge in [-0.3, -0.25) is 0 Å². The molecule has 1 aliphatic rings. The third-order valence-electron chi connectivity index (χ3n) is 3.81. The molecule has 9 heteroatoms. The van der Waals surface area contributed by atoms with Gasteiger partial charge in [-0.25, -0.2) is 4.79 Å². The molecule has 0 saturated carbocycles. The van der Waals surface area contributed by atoms with Gasteiger partial charge in [0.15, 0.2) is 0 Å². The first-order valence-electron chi connectivity index (χ1n) is 7.81. The van der Waals surface area contributed by atoms with Crippen molar-refractivity contribution >= 4 is 23.6 Å². The van der Waals surface area contributed by atoms with E-state index in [1.54, 1.807) is 0 Å². The summed E-state index contributed by atoms with van der Waals surface area (Å²) in [5.74, 6) is -1.51. The van der Waals surface area contributed by atoms with Crippen molar-refractivity contribution in [2.45, 2.75) is 45.4 Å². The molecule has 1 aliphatic heterocycles. The number of rotatable bonds is 6. The molecule has 4 nitrogen and oxygen atoms in total. The molecule has 1 aromatic carbocycles. The van der Waals surface area contributed by atoms with Crippen molar-refractivity contribution < 1.29 is 63.5 Å². The number of unbranched alkanes of at least 4 members (excludes halogenated alkanes) is 2. The van der Waals surface area contributed by atoms with Crippen LogP contribution >= 0.6 is 11.6 Å². The quantitative estimate of drug-likeness (QED) is 0.585. The summed E-state index contributed by atoms with van der Waals surface area (Å²) in [6.07, 6.45) is -3.70. The average Bonchev–Trinajstić information content (AvgIpc) is 2.52. The van der Waals surface area contributed by atoms with Crippen molar-refractivity contribution in [3.63, 3.8) is 0 Å². The van der Waals surface area contributed by atoms with Crippen molar-refractivity contribution in [3.05, 3.63) is 27.8 Å². The second-order valence-electron chi connectivity index (χ2n) is 5.73. The smallest absolute Gasteiger partial charge is 1.00 e. The molecule has 1 heterocycles. The third kappa shape index (κ3) is 5.09. The van der Waals surface area contributed by atoms with Crippen LogP contribution in [0.4, 0.5) is 13.2 Å². The normalized spacial score (nSPS) is 16.1. The van der Waals surface area contributed by atoms with Gasteiger partial charge in [0.05, 0.1) is 17.2 Å². The van der Waals surface area contributed by atoms with Gasteiger partial charge in [0.1, 0.15) is 11.5 Å². The Hall–Kier alpha value is -0.890. The third-order valence-corrected chi connectivity index (χ3v) is 4.09. The number of halogens is 4. The zero-order chi connectivity index (χ0) is 18.8. The Labute approximate surface area is 178 Å². The van der Waals surface area contributed by atoms with Gasteiger partial charge >= 0.3 is 41.7 Å². The largest absolute Gasteiger partial charge is 1.00 e. The Morgan fingerprint density at radius 3 is 2.62 bits per heavy atom. The minimum atomic E-state index is -4.85. The number of ether oxygens (including phenoxy) is 2. The van der Waals surface area contributed by atoms with E-state index in [9.17, 15) is 18.0 Å². The van der Waals surface area contributed by atoms with E-state index in [2.05, 4.69) is 0 Å². The van der Waals surface area contributed by atoms with Gasteiger partial charge in [-0.15, -0.1) is 0 Å². The summed E-state index contributed by atoms with van der Waals surface area (Å²) in [7, 11) is 0. The number of aliphatic carboxylic acids is 1. The van der Waals surface area contributed by atoms with Crippen LogP contribution in [0.2, 0.25) is 5.02 Å². The molecule has 0 radical (unpaired) electrons. The monoisotopic (exact) mass is 402 g/mol. The Kier molecular flexibility index (Phi) is 8.33. The number of carbonyl (C=O) groups is 1. The maximum absolute atomic E-state index is 13.2. The van der Waals surface area contributed by atoms with Crippen LogP contribution in [0.1, 0.15) is 38.7 Å². The van der Waals surface area contributed by atoms with Crippen molar-refractivity contribution in [3.8, 4) is 11.5 Å². The fraction of sp³-hybridized carbons (Fsp3) is 0.471. The first-order chi connectivity index (χ1) is 11.7. The second-order valence-corrected chi connectivity index (χ2v) is 6.14. The minimum absolute atomic E-state index is 0. The maximum Gasteiger partial charge on any atom is 1.00 e. The molecular weight excluding hydrogens is 384 g/mol. The van der Waals surface area contributed by atoms with E-state index >= 15 is 0 Å². The van der Waals surface area contributed by atoms with E-state index in [1.807, 2.05) is 6.92 Å². The van der Waals surface area contributed by atoms with Crippen LogP contribution in [0, 0.1) is 6.92 Å². The van der Waals surface area contributed by atoms with Crippen LogP contribution in [0.25, 0.3) is 6.08 Å². The van der Waals surface area contributed by atoms with Crippen LogP contribution in [-0.4, -0.2) is 30.0 Å². The topological polar surface area (TPSA) is 55.8 Å². The summed E-state index contributed by atoms with van der Waals surface area (Å²) < 4.78 is 50.1. The average molecular weight is 403 g/mol. The minimum Gasteiger partial charge on any atom is -1.00 e. The molecule has 0 amide bonds. The molecule has 0 aliphatic carbocycles. The van der Waals surface area contributed by atoms with Gasteiger partial charge < -0.3 is 16.0 Å². The predicted molar refractivity (Wildman–Crippen MR) is 88.4 cm³/mol. The number of benzene rings is 1. The van der Waals surface area contributed by atoms with E-state index in [-0.39, 0.29) is 53.1 Å². The van der Waals surface area contributed by atoms with E-state index < -0.39 is 23.8 Å². The number of carboxylic acid groups (broad SMARTS) is 1. The molecule has 0 aromatic heterocycles. The summed E-state index contributed by atoms with van der Waals surface area (Å²) in [4.78, 5) is 11.2. The number of hydrogen-bond acceptors (Lipinski definition) is 3. The summed E-state index contributed by atoms with van der Waals surface area (Å²) in [6.45, 7) is 3.95. The van der Waals surface area contributed by atoms with Gasteiger partial charge in [0.2, 0.25) is 6.10 Å². The van der Waals surface area contributed by atoms with Gasteiger partial charge in [0.25, 0.3) is 0 Å². The Morgan fingerprint density at radius 2 is 2.08 bits per heavy atom. The molecule has 140 valence electrons. The summed E-state index contributed by atoms with van der Waals surface area (Å²) in [6, 6.07) is 1.36. The number of carboxylic acids is 1. The van der Waals surface area contributed by atoms with E-state index in [4.69, 9.17) is 26.2 Å². The summed E-state index contributed by atoms with van der Waals surface area (Å²) in [5.41, 5.74) is -0.387. The SMILES string of the molecule is CCCCCOc1c(Cl)cc2c(c1C)O[C@H](C(F)(F)F)C(C(=O)O)=C2.[H-].[Na+]. The zero-order valence-electron chi connectivity index (χ0n) is 15.7. The molecule has 26 heavy (non-hydrogen) atoms. The van der Waals surface area contributed by atoms with Crippen LogP contribution < -0.4 is 39.0 Å². The van der Waals surface area contributed by atoms with E-state index in [0.717, 1.165) is 25.3 Å². The fourth-order valence-electron chi connectivity index (χ4n) is 2.58.